The zero-order chi connectivity index (χ0) is 21.6. The van der Waals surface area contributed by atoms with E-state index in [-0.39, 0.29) is 37.5 Å². The first-order chi connectivity index (χ1) is 13.5. The van der Waals surface area contributed by atoms with E-state index in [1.165, 1.54) is 36.4 Å². The molecule has 0 heterocycles. The van der Waals surface area contributed by atoms with Gasteiger partial charge < -0.3 is 10.2 Å². The largest absolute Gasteiger partial charge is 0.508 e. The van der Waals surface area contributed by atoms with Crippen LogP contribution in [0.4, 0.5) is 0 Å². The summed E-state index contributed by atoms with van der Waals surface area (Å²) in [6, 6.07) is 11.3. The van der Waals surface area contributed by atoms with Crippen LogP contribution in [-0.2, 0) is 14.9 Å². The second kappa shape index (κ2) is 7.87. The van der Waals surface area contributed by atoms with Crippen molar-refractivity contribution >= 4 is 56.5 Å². The monoisotopic (exact) mass is 492 g/mol. The summed E-state index contributed by atoms with van der Waals surface area (Å²) in [6.07, 6.45) is 0. The molecule has 0 spiro atoms. The van der Waals surface area contributed by atoms with Gasteiger partial charge in [-0.2, -0.15) is 8.42 Å². The number of phenolic OH excluding ortho intramolecular Hbond substituents is 2. The van der Waals surface area contributed by atoms with E-state index in [0.29, 0.717) is 5.02 Å². The van der Waals surface area contributed by atoms with Gasteiger partial charge in [-0.3, -0.25) is 4.55 Å². The van der Waals surface area contributed by atoms with E-state index in [1.54, 1.807) is 0 Å². The molecule has 0 aliphatic carbocycles. The molecule has 152 valence electrons. The van der Waals surface area contributed by atoms with Crippen LogP contribution in [-0.4, -0.2) is 23.2 Å². The van der Waals surface area contributed by atoms with E-state index in [0.717, 1.165) is 18.2 Å². The second-order valence-corrected chi connectivity index (χ2v) is 9.27. The summed E-state index contributed by atoms with van der Waals surface area (Å²) in [7, 11) is -5.14. The summed E-state index contributed by atoms with van der Waals surface area (Å²) >= 11 is 24.7. The predicted octanol–water partition coefficient (Wildman–Crippen LogP) is 5.89. The summed E-state index contributed by atoms with van der Waals surface area (Å²) < 4.78 is 33.9. The number of halogens is 4. The van der Waals surface area contributed by atoms with Crippen LogP contribution in [0.5, 0.6) is 11.5 Å². The molecule has 3 N–H and O–H groups in total. The lowest BCUT2D eigenvalue weighted by Gasteiger charge is -2.34. The Morgan fingerprint density at radius 1 is 0.793 bits per heavy atom. The average Bonchev–Trinajstić information content (AvgIpc) is 2.64. The van der Waals surface area contributed by atoms with Crippen LogP contribution in [0.2, 0.25) is 20.1 Å². The van der Waals surface area contributed by atoms with E-state index in [9.17, 15) is 23.2 Å². The molecule has 3 rings (SSSR count). The van der Waals surface area contributed by atoms with Crippen molar-refractivity contribution in [3.05, 3.63) is 91.4 Å². The molecule has 10 heteroatoms. The lowest BCUT2D eigenvalue weighted by Crippen LogP contribution is -2.39. The van der Waals surface area contributed by atoms with Crippen LogP contribution in [0.3, 0.4) is 0 Å². The predicted molar refractivity (Wildman–Crippen MR) is 114 cm³/mol. The Bertz CT molecular complexity index is 1200. The third-order valence-electron chi connectivity index (χ3n) is 4.39. The molecule has 29 heavy (non-hydrogen) atoms. The fourth-order valence-electron chi connectivity index (χ4n) is 3.19. The molecule has 0 fully saturated rings. The van der Waals surface area contributed by atoms with Crippen LogP contribution in [0, 0.1) is 0 Å². The highest BCUT2D eigenvalue weighted by molar-refractivity contribution is 7.87. The normalized spacial score (nSPS) is 13.8. The molecule has 0 aliphatic rings. The number of rotatable bonds is 4. The van der Waals surface area contributed by atoms with E-state index < -0.39 is 20.6 Å². The molecule has 1 atom stereocenters. The van der Waals surface area contributed by atoms with Gasteiger partial charge in [0.05, 0.1) is 10.0 Å². The molecule has 0 bridgehead atoms. The Morgan fingerprint density at radius 3 is 1.97 bits per heavy atom. The Kier molecular flexibility index (Phi) is 5.98. The average molecular weight is 494 g/mol. The van der Waals surface area contributed by atoms with Crippen molar-refractivity contribution in [1.29, 1.82) is 0 Å². The Hall–Kier alpha value is -1.67. The van der Waals surface area contributed by atoms with E-state index >= 15 is 0 Å². The Morgan fingerprint density at radius 2 is 1.38 bits per heavy atom. The fraction of sp³-hybridized carbons (Fsp3) is 0.0526. The van der Waals surface area contributed by atoms with Crippen LogP contribution >= 0.6 is 46.4 Å². The molecule has 0 radical (unpaired) electrons. The van der Waals surface area contributed by atoms with E-state index in [4.69, 9.17) is 46.4 Å². The van der Waals surface area contributed by atoms with Gasteiger partial charge in [-0.25, -0.2) is 0 Å². The van der Waals surface area contributed by atoms with Crippen LogP contribution in [0.25, 0.3) is 0 Å². The summed E-state index contributed by atoms with van der Waals surface area (Å²) in [5, 5.41) is 20.4. The van der Waals surface area contributed by atoms with Gasteiger partial charge in [0, 0.05) is 21.2 Å². The molecule has 3 aromatic carbocycles. The maximum Gasteiger partial charge on any atom is 0.283 e. The quantitative estimate of drug-likeness (QED) is 0.182. The maximum absolute atomic E-state index is 13.0. The van der Waals surface area contributed by atoms with E-state index in [1.807, 2.05) is 0 Å². The summed E-state index contributed by atoms with van der Waals surface area (Å²) in [5.74, 6) is -0.906. The number of phenols is 2. The fourth-order valence-corrected chi connectivity index (χ4v) is 5.59. The van der Waals surface area contributed by atoms with Gasteiger partial charge in [0.25, 0.3) is 10.1 Å². The first kappa shape index (κ1) is 22.0. The highest BCUT2D eigenvalue weighted by Crippen LogP contribution is 2.53. The van der Waals surface area contributed by atoms with Crippen LogP contribution in [0.1, 0.15) is 16.7 Å². The van der Waals surface area contributed by atoms with Gasteiger partial charge in [0.15, 0.2) is 4.75 Å². The minimum atomic E-state index is -5.14. The molecule has 0 aliphatic heterocycles. The zero-order valence-corrected chi connectivity index (χ0v) is 18.1. The molecular weight excluding hydrogens is 482 g/mol. The molecule has 1 unspecified atom stereocenters. The van der Waals surface area contributed by atoms with Crippen LogP contribution < -0.4 is 0 Å². The summed E-state index contributed by atoms with van der Waals surface area (Å²) in [6.45, 7) is 0. The summed E-state index contributed by atoms with van der Waals surface area (Å²) in [4.78, 5) is 0. The third kappa shape index (κ3) is 3.65. The molecule has 0 amide bonds. The lowest BCUT2D eigenvalue weighted by atomic mass is 9.83. The zero-order valence-electron chi connectivity index (χ0n) is 14.3. The van der Waals surface area contributed by atoms with Crippen molar-refractivity contribution < 1.29 is 23.2 Å². The van der Waals surface area contributed by atoms with Crippen molar-refractivity contribution in [1.82, 2.24) is 0 Å². The van der Waals surface area contributed by atoms with Crippen molar-refractivity contribution in [2.75, 3.05) is 0 Å². The molecule has 5 nitrogen and oxygen atoms in total. The molecular formula is C19H12Cl4O5S. The molecule has 0 aromatic heterocycles. The smallest absolute Gasteiger partial charge is 0.283 e. The third-order valence-corrected chi connectivity index (χ3v) is 7.20. The summed E-state index contributed by atoms with van der Waals surface area (Å²) in [5.41, 5.74) is -0.719. The first-order valence-corrected chi connectivity index (χ1v) is 10.8. The van der Waals surface area contributed by atoms with Gasteiger partial charge in [-0.05, 0) is 48.0 Å². The van der Waals surface area contributed by atoms with Crippen molar-refractivity contribution in [3.8, 4) is 11.5 Å². The topological polar surface area (TPSA) is 94.8 Å². The van der Waals surface area contributed by atoms with Gasteiger partial charge in [-0.1, -0.05) is 58.5 Å². The van der Waals surface area contributed by atoms with Gasteiger partial charge in [-0.15, -0.1) is 0 Å². The Balaban J connectivity index is 2.65. The minimum absolute atomic E-state index is 0.0345. The number of benzene rings is 3. The van der Waals surface area contributed by atoms with Crippen molar-refractivity contribution in [3.63, 3.8) is 0 Å². The number of hydrogen-bond acceptors (Lipinski definition) is 4. The van der Waals surface area contributed by atoms with Gasteiger partial charge in [0.2, 0.25) is 0 Å². The lowest BCUT2D eigenvalue weighted by molar-refractivity contribution is 0.434. The highest BCUT2D eigenvalue weighted by atomic mass is 35.5. The number of hydrogen-bond donors (Lipinski definition) is 3. The SMILES string of the molecule is O=S(=O)(O)C(c1ccc(Cl)cc1)(c1cc(O)ccc1O)c1c(Cl)ccc(Cl)c1Cl. The Labute approximate surface area is 186 Å². The first-order valence-electron chi connectivity index (χ1n) is 7.89. The van der Waals surface area contributed by atoms with Gasteiger partial charge in [0.1, 0.15) is 11.5 Å². The molecule has 3 aromatic rings. The van der Waals surface area contributed by atoms with Crippen LogP contribution in [0.15, 0.2) is 54.6 Å². The highest BCUT2D eigenvalue weighted by Gasteiger charge is 2.52. The van der Waals surface area contributed by atoms with E-state index in [2.05, 4.69) is 0 Å². The standard InChI is InChI=1S/C19H12Cl4O5S/c20-11-3-1-10(2-4-11)19(29(26,27)28,13-9-12(24)5-8-16(13)25)17-14(21)6-7-15(22)18(17)23/h1-9,24-25H,(H,26,27,28). The minimum Gasteiger partial charge on any atom is -0.508 e. The molecule has 0 saturated heterocycles. The van der Waals surface area contributed by atoms with Crippen molar-refractivity contribution in [2.24, 2.45) is 0 Å². The molecule has 0 saturated carbocycles. The van der Waals surface area contributed by atoms with Gasteiger partial charge >= 0.3 is 0 Å². The second-order valence-electron chi connectivity index (χ2n) is 6.08. The maximum atomic E-state index is 13.0. The number of aromatic hydroxyl groups is 2. The van der Waals surface area contributed by atoms with Crippen molar-refractivity contribution in [2.45, 2.75) is 4.75 Å².